The van der Waals surface area contributed by atoms with Crippen LogP contribution in [0.1, 0.15) is 10.6 Å². The number of hydrogen-bond donors (Lipinski definition) is 0. The lowest BCUT2D eigenvalue weighted by Crippen LogP contribution is -2.24. The Morgan fingerprint density at radius 1 is 1.40 bits per heavy atom. The number of fused-ring (bicyclic) bond motifs is 3. The van der Waals surface area contributed by atoms with Crippen molar-refractivity contribution in [2.24, 2.45) is 7.05 Å². The van der Waals surface area contributed by atoms with Crippen LogP contribution in [0.3, 0.4) is 0 Å². The topological polar surface area (TPSA) is 61.9 Å². The molecular formula is C18H16N4O2S. The highest BCUT2D eigenvalue weighted by Gasteiger charge is 2.17. The number of aryl methyl sites for hydroxylation is 1. The highest BCUT2D eigenvalue weighted by atomic mass is 32.1. The monoisotopic (exact) mass is 352 g/mol. The van der Waals surface area contributed by atoms with E-state index < -0.39 is 0 Å². The molecule has 0 radical (unpaired) electrons. The molecule has 126 valence electrons. The smallest absolute Gasteiger partial charge is 0.291 e. The maximum atomic E-state index is 12.9. The van der Waals surface area contributed by atoms with Gasteiger partial charge < -0.3 is 9.30 Å². The summed E-state index contributed by atoms with van der Waals surface area (Å²) in [6, 6.07) is 7.62. The highest BCUT2D eigenvalue weighted by Crippen LogP contribution is 2.31. The molecule has 4 aromatic rings. The van der Waals surface area contributed by atoms with Crippen molar-refractivity contribution in [1.82, 2.24) is 19.3 Å². The molecule has 3 heterocycles. The largest absolute Gasteiger partial charge is 0.497 e. The number of aromatic nitrogens is 4. The molecule has 4 rings (SSSR count). The predicted octanol–water partition coefficient (Wildman–Crippen LogP) is 3.04. The summed E-state index contributed by atoms with van der Waals surface area (Å²) in [4.78, 5) is 17.5. The van der Waals surface area contributed by atoms with E-state index in [1.54, 1.807) is 19.4 Å². The van der Waals surface area contributed by atoms with Gasteiger partial charge in [-0.05, 0) is 23.8 Å². The molecule has 0 atom stereocenters. The van der Waals surface area contributed by atoms with Gasteiger partial charge in [0.1, 0.15) is 16.3 Å². The van der Waals surface area contributed by atoms with Gasteiger partial charge in [0.15, 0.2) is 5.65 Å². The van der Waals surface area contributed by atoms with E-state index in [0.717, 1.165) is 32.1 Å². The molecule has 0 spiro atoms. The van der Waals surface area contributed by atoms with Crippen LogP contribution in [0.4, 0.5) is 0 Å². The summed E-state index contributed by atoms with van der Waals surface area (Å²) in [7, 11) is 3.48. The molecule has 0 aliphatic rings. The first-order valence-corrected chi connectivity index (χ1v) is 8.54. The summed E-state index contributed by atoms with van der Waals surface area (Å²) < 4.78 is 9.50. The molecule has 0 unspecified atom stereocenters. The first-order chi connectivity index (χ1) is 12.1. The number of thiazole rings is 1. The zero-order chi connectivity index (χ0) is 17.6. The normalized spacial score (nSPS) is 11.3. The predicted molar refractivity (Wildman–Crippen MR) is 100 cm³/mol. The standard InChI is InChI=1S/C18H16N4O2S/c1-4-14-20-17-16(25-14)13-9-19-22(18(23)15(13)21(17)2)10-11-6-5-7-12(8-11)24-3/h4-9H,1,10H2,2-3H3. The van der Waals surface area contributed by atoms with Gasteiger partial charge in [-0.25, -0.2) is 9.67 Å². The average Bonchev–Trinajstić information content (AvgIpc) is 3.17. The summed E-state index contributed by atoms with van der Waals surface area (Å²) in [5.41, 5.74) is 2.22. The fraction of sp³-hybridized carbons (Fsp3) is 0.167. The van der Waals surface area contributed by atoms with Crippen molar-refractivity contribution in [2.75, 3.05) is 7.11 Å². The fourth-order valence-electron chi connectivity index (χ4n) is 2.95. The zero-order valence-electron chi connectivity index (χ0n) is 13.9. The van der Waals surface area contributed by atoms with Gasteiger partial charge in [0, 0.05) is 12.4 Å². The Kier molecular flexibility index (Phi) is 3.65. The van der Waals surface area contributed by atoms with E-state index in [9.17, 15) is 4.79 Å². The van der Waals surface area contributed by atoms with E-state index in [4.69, 9.17) is 4.74 Å². The van der Waals surface area contributed by atoms with Crippen molar-refractivity contribution >= 4 is 38.7 Å². The van der Waals surface area contributed by atoms with Gasteiger partial charge in [-0.15, -0.1) is 11.3 Å². The molecule has 25 heavy (non-hydrogen) atoms. The summed E-state index contributed by atoms with van der Waals surface area (Å²) in [5, 5.41) is 6.02. The lowest BCUT2D eigenvalue weighted by molar-refractivity contribution is 0.414. The molecule has 0 saturated carbocycles. The van der Waals surface area contributed by atoms with E-state index in [0.29, 0.717) is 12.1 Å². The number of hydrogen-bond acceptors (Lipinski definition) is 5. The van der Waals surface area contributed by atoms with Crippen LogP contribution in [0, 0.1) is 0 Å². The fourth-order valence-corrected chi connectivity index (χ4v) is 3.91. The molecule has 6 nitrogen and oxygen atoms in total. The van der Waals surface area contributed by atoms with E-state index in [1.165, 1.54) is 16.0 Å². The minimum absolute atomic E-state index is 0.131. The molecule has 3 aromatic heterocycles. The second-order valence-corrected chi connectivity index (χ2v) is 6.72. The number of methoxy groups -OCH3 is 1. The SMILES string of the molecule is C=Cc1nc2c(s1)c1cnn(Cc3cccc(OC)c3)c(=O)c1n2C. The number of nitrogens with zero attached hydrogens (tertiary/aromatic N) is 4. The Balaban J connectivity index is 1.86. The minimum atomic E-state index is -0.131. The van der Waals surface area contributed by atoms with Crippen LogP contribution in [-0.4, -0.2) is 26.4 Å². The molecule has 0 bridgehead atoms. The molecule has 0 N–H and O–H groups in total. The second-order valence-electron chi connectivity index (χ2n) is 5.69. The van der Waals surface area contributed by atoms with Gasteiger partial charge in [-0.1, -0.05) is 18.7 Å². The maximum absolute atomic E-state index is 12.9. The van der Waals surface area contributed by atoms with Gasteiger partial charge in [-0.3, -0.25) is 4.79 Å². The van der Waals surface area contributed by atoms with Crippen LogP contribution < -0.4 is 10.3 Å². The Morgan fingerprint density at radius 2 is 2.24 bits per heavy atom. The molecule has 0 amide bonds. The van der Waals surface area contributed by atoms with Crippen LogP contribution in [0.5, 0.6) is 5.75 Å². The number of rotatable bonds is 4. The third-order valence-corrected chi connectivity index (χ3v) is 5.26. The van der Waals surface area contributed by atoms with E-state index in [1.807, 2.05) is 35.9 Å². The average molecular weight is 352 g/mol. The van der Waals surface area contributed by atoms with Crippen molar-refractivity contribution in [3.63, 3.8) is 0 Å². The second kappa shape index (κ2) is 5.86. The molecule has 1 aromatic carbocycles. The van der Waals surface area contributed by atoms with Crippen molar-refractivity contribution < 1.29 is 4.74 Å². The molecule has 0 aliphatic carbocycles. The van der Waals surface area contributed by atoms with Crippen molar-refractivity contribution in [3.05, 3.63) is 58.0 Å². The maximum Gasteiger partial charge on any atom is 0.291 e. The van der Waals surface area contributed by atoms with Gasteiger partial charge >= 0.3 is 0 Å². The molecule has 7 heteroatoms. The van der Waals surface area contributed by atoms with E-state index in [2.05, 4.69) is 16.7 Å². The summed E-state index contributed by atoms with van der Waals surface area (Å²) in [5.74, 6) is 0.757. The van der Waals surface area contributed by atoms with Gasteiger partial charge in [0.05, 0.1) is 24.6 Å². The molecule has 0 saturated heterocycles. The van der Waals surface area contributed by atoms with Gasteiger partial charge in [0.2, 0.25) is 0 Å². The van der Waals surface area contributed by atoms with Crippen molar-refractivity contribution in [2.45, 2.75) is 6.54 Å². The first kappa shape index (κ1) is 15.6. The van der Waals surface area contributed by atoms with Crippen LogP contribution in [0.25, 0.3) is 27.3 Å². The molecule has 0 fully saturated rings. The van der Waals surface area contributed by atoms with Crippen molar-refractivity contribution in [3.8, 4) is 5.75 Å². The van der Waals surface area contributed by atoms with Gasteiger partial charge in [0.25, 0.3) is 5.56 Å². The lowest BCUT2D eigenvalue weighted by atomic mass is 10.2. The zero-order valence-corrected chi connectivity index (χ0v) is 14.7. The van der Waals surface area contributed by atoms with E-state index in [-0.39, 0.29) is 5.56 Å². The first-order valence-electron chi connectivity index (χ1n) is 7.72. The summed E-state index contributed by atoms with van der Waals surface area (Å²) in [6.45, 7) is 4.14. The summed E-state index contributed by atoms with van der Waals surface area (Å²) >= 11 is 1.52. The lowest BCUT2D eigenvalue weighted by Gasteiger charge is -2.07. The Morgan fingerprint density at radius 3 is 3.00 bits per heavy atom. The molecular weight excluding hydrogens is 336 g/mol. The molecule has 0 aliphatic heterocycles. The summed E-state index contributed by atoms with van der Waals surface area (Å²) in [6.07, 6.45) is 3.46. The number of benzene rings is 1. The van der Waals surface area contributed by atoms with Crippen LogP contribution in [0.2, 0.25) is 0 Å². The number of ether oxygens (including phenoxy) is 1. The third-order valence-electron chi connectivity index (χ3n) is 4.18. The van der Waals surface area contributed by atoms with Crippen LogP contribution >= 0.6 is 11.3 Å². The van der Waals surface area contributed by atoms with Crippen LogP contribution in [0.15, 0.2) is 41.8 Å². The Hall–Kier alpha value is -2.93. The van der Waals surface area contributed by atoms with Gasteiger partial charge in [-0.2, -0.15) is 5.10 Å². The quantitative estimate of drug-likeness (QED) is 0.566. The minimum Gasteiger partial charge on any atom is -0.497 e. The Bertz CT molecular complexity index is 1170. The van der Waals surface area contributed by atoms with Crippen molar-refractivity contribution in [1.29, 1.82) is 0 Å². The highest BCUT2D eigenvalue weighted by molar-refractivity contribution is 7.20. The third kappa shape index (κ3) is 2.44. The van der Waals surface area contributed by atoms with E-state index >= 15 is 0 Å². The van der Waals surface area contributed by atoms with Crippen LogP contribution in [-0.2, 0) is 13.6 Å². The Labute approximate surface area is 147 Å².